The van der Waals surface area contributed by atoms with Gasteiger partial charge in [-0.1, -0.05) is 30.3 Å². The molecule has 0 fully saturated rings. The average molecular weight is 282 g/mol. The SMILES string of the molecule is Cc1nc(Cc2ccccc2)c(O)c2c1C(=O)N(C)C2=O. The van der Waals surface area contributed by atoms with Crippen molar-refractivity contribution >= 4 is 11.8 Å². The van der Waals surface area contributed by atoms with E-state index in [1.54, 1.807) is 6.92 Å². The quantitative estimate of drug-likeness (QED) is 0.854. The van der Waals surface area contributed by atoms with Crippen LogP contribution in [0.3, 0.4) is 0 Å². The van der Waals surface area contributed by atoms with E-state index in [0.29, 0.717) is 17.8 Å². The Morgan fingerprint density at radius 1 is 1.10 bits per heavy atom. The molecule has 106 valence electrons. The van der Waals surface area contributed by atoms with Crippen LogP contribution in [0.2, 0.25) is 0 Å². The summed E-state index contributed by atoms with van der Waals surface area (Å²) in [4.78, 5) is 29.4. The molecule has 2 aromatic rings. The van der Waals surface area contributed by atoms with E-state index in [4.69, 9.17) is 0 Å². The van der Waals surface area contributed by atoms with Gasteiger partial charge in [0.15, 0.2) is 5.75 Å². The molecule has 2 heterocycles. The number of pyridine rings is 1. The minimum atomic E-state index is -0.479. The number of hydrogen-bond donors (Lipinski definition) is 1. The minimum Gasteiger partial charge on any atom is -0.505 e. The van der Waals surface area contributed by atoms with Crippen molar-refractivity contribution in [2.45, 2.75) is 13.3 Å². The van der Waals surface area contributed by atoms with E-state index in [9.17, 15) is 14.7 Å². The monoisotopic (exact) mass is 282 g/mol. The van der Waals surface area contributed by atoms with E-state index in [1.165, 1.54) is 7.05 Å². The van der Waals surface area contributed by atoms with Gasteiger partial charge in [-0.2, -0.15) is 0 Å². The molecule has 0 spiro atoms. The number of hydrogen-bond acceptors (Lipinski definition) is 4. The highest BCUT2D eigenvalue weighted by Gasteiger charge is 2.38. The van der Waals surface area contributed by atoms with Crippen molar-refractivity contribution in [2.24, 2.45) is 0 Å². The zero-order valence-electron chi connectivity index (χ0n) is 11.8. The van der Waals surface area contributed by atoms with Crippen molar-refractivity contribution in [1.82, 2.24) is 9.88 Å². The van der Waals surface area contributed by atoms with Gasteiger partial charge >= 0.3 is 0 Å². The third kappa shape index (κ3) is 1.98. The summed E-state index contributed by atoms with van der Waals surface area (Å²) in [6.45, 7) is 1.68. The molecule has 1 N–H and O–H groups in total. The molecular weight excluding hydrogens is 268 g/mol. The lowest BCUT2D eigenvalue weighted by Crippen LogP contribution is -2.24. The van der Waals surface area contributed by atoms with Gasteiger partial charge in [0.25, 0.3) is 11.8 Å². The number of aromatic hydroxyl groups is 1. The topological polar surface area (TPSA) is 70.5 Å². The Kier molecular flexibility index (Phi) is 2.97. The molecular formula is C16H14N2O3. The number of carbonyl (C=O) groups is 2. The highest BCUT2D eigenvalue weighted by atomic mass is 16.3. The van der Waals surface area contributed by atoms with Gasteiger partial charge in [-0.05, 0) is 12.5 Å². The second-order valence-corrected chi connectivity index (χ2v) is 5.07. The lowest BCUT2D eigenvalue weighted by molar-refractivity contribution is 0.0692. The maximum Gasteiger partial charge on any atom is 0.265 e. The van der Waals surface area contributed by atoms with E-state index >= 15 is 0 Å². The fourth-order valence-corrected chi connectivity index (χ4v) is 2.56. The van der Waals surface area contributed by atoms with Gasteiger partial charge in [-0.15, -0.1) is 0 Å². The molecule has 1 aromatic heterocycles. The molecule has 3 rings (SSSR count). The van der Waals surface area contributed by atoms with E-state index in [1.807, 2.05) is 30.3 Å². The maximum absolute atomic E-state index is 12.1. The first-order chi connectivity index (χ1) is 10.0. The Morgan fingerprint density at radius 2 is 1.71 bits per heavy atom. The second-order valence-electron chi connectivity index (χ2n) is 5.07. The fourth-order valence-electron chi connectivity index (χ4n) is 2.56. The molecule has 2 amide bonds. The van der Waals surface area contributed by atoms with Crippen LogP contribution in [-0.4, -0.2) is 33.9 Å². The van der Waals surface area contributed by atoms with E-state index < -0.39 is 11.8 Å². The van der Waals surface area contributed by atoms with E-state index in [2.05, 4.69) is 4.98 Å². The normalized spacial score (nSPS) is 13.7. The molecule has 1 aliphatic rings. The number of carbonyl (C=O) groups excluding carboxylic acids is 2. The van der Waals surface area contributed by atoms with E-state index in [-0.39, 0.29) is 16.9 Å². The number of imide groups is 1. The molecule has 5 nitrogen and oxygen atoms in total. The van der Waals surface area contributed by atoms with Crippen molar-refractivity contribution in [3.8, 4) is 5.75 Å². The Labute approximate surface area is 121 Å². The van der Waals surface area contributed by atoms with Gasteiger partial charge in [0, 0.05) is 13.5 Å². The third-order valence-electron chi connectivity index (χ3n) is 3.68. The van der Waals surface area contributed by atoms with Crippen molar-refractivity contribution in [3.05, 3.63) is 58.4 Å². The Morgan fingerprint density at radius 3 is 2.38 bits per heavy atom. The molecule has 0 saturated heterocycles. The van der Waals surface area contributed by atoms with Gasteiger partial charge in [-0.25, -0.2) is 0 Å². The number of benzene rings is 1. The molecule has 1 aromatic carbocycles. The van der Waals surface area contributed by atoms with Crippen LogP contribution in [0.4, 0.5) is 0 Å². The molecule has 0 bridgehead atoms. The molecule has 0 aliphatic carbocycles. The van der Waals surface area contributed by atoms with Crippen LogP contribution < -0.4 is 0 Å². The summed E-state index contributed by atoms with van der Waals surface area (Å²) in [6, 6.07) is 9.54. The summed E-state index contributed by atoms with van der Waals surface area (Å²) in [5.74, 6) is -1.09. The minimum absolute atomic E-state index is 0.0703. The molecule has 0 atom stereocenters. The summed E-state index contributed by atoms with van der Waals surface area (Å²) in [5.41, 5.74) is 2.13. The number of amides is 2. The fraction of sp³-hybridized carbons (Fsp3) is 0.188. The van der Waals surface area contributed by atoms with Crippen LogP contribution in [0.5, 0.6) is 5.75 Å². The summed E-state index contributed by atoms with van der Waals surface area (Å²) in [6.07, 6.45) is 0.409. The molecule has 0 saturated carbocycles. The zero-order valence-corrected chi connectivity index (χ0v) is 11.8. The predicted octanol–water partition coefficient (Wildman–Crippen LogP) is 1.91. The highest BCUT2D eigenvalue weighted by Crippen LogP contribution is 2.34. The van der Waals surface area contributed by atoms with Crippen LogP contribution in [0.15, 0.2) is 30.3 Å². The number of nitrogens with zero attached hydrogens (tertiary/aromatic N) is 2. The van der Waals surface area contributed by atoms with Crippen molar-refractivity contribution in [3.63, 3.8) is 0 Å². The average Bonchev–Trinajstić information content (AvgIpc) is 2.71. The smallest absolute Gasteiger partial charge is 0.265 e. The van der Waals surface area contributed by atoms with Crippen LogP contribution in [0, 0.1) is 6.92 Å². The second kappa shape index (κ2) is 4.70. The number of fused-ring (bicyclic) bond motifs is 1. The summed E-state index contributed by atoms with van der Waals surface area (Å²) in [7, 11) is 1.40. The first kappa shape index (κ1) is 13.3. The summed E-state index contributed by atoms with van der Waals surface area (Å²) >= 11 is 0. The largest absolute Gasteiger partial charge is 0.505 e. The van der Waals surface area contributed by atoms with Crippen molar-refractivity contribution in [2.75, 3.05) is 7.05 Å². The lowest BCUT2D eigenvalue weighted by Gasteiger charge is -2.09. The van der Waals surface area contributed by atoms with Gasteiger partial charge in [0.05, 0.1) is 22.5 Å². The predicted molar refractivity (Wildman–Crippen MR) is 76.3 cm³/mol. The van der Waals surface area contributed by atoms with Gasteiger partial charge in [-0.3, -0.25) is 19.5 Å². The Hall–Kier alpha value is -2.69. The van der Waals surface area contributed by atoms with Crippen molar-refractivity contribution < 1.29 is 14.7 Å². The molecule has 0 unspecified atom stereocenters. The Balaban J connectivity index is 2.12. The van der Waals surface area contributed by atoms with Crippen molar-refractivity contribution in [1.29, 1.82) is 0 Å². The lowest BCUT2D eigenvalue weighted by atomic mass is 10.0. The molecule has 5 heteroatoms. The van der Waals surface area contributed by atoms with Gasteiger partial charge in [0.1, 0.15) is 0 Å². The maximum atomic E-state index is 12.1. The zero-order chi connectivity index (χ0) is 15.1. The van der Waals surface area contributed by atoms with Crippen LogP contribution >= 0.6 is 0 Å². The number of aryl methyl sites for hydroxylation is 1. The molecule has 0 radical (unpaired) electrons. The van der Waals surface area contributed by atoms with Crippen LogP contribution in [0.25, 0.3) is 0 Å². The third-order valence-corrected chi connectivity index (χ3v) is 3.68. The van der Waals surface area contributed by atoms with E-state index in [0.717, 1.165) is 10.5 Å². The van der Waals surface area contributed by atoms with Gasteiger partial charge in [0.2, 0.25) is 0 Å². The van der Waals surface area contributed by atoms with Crippen LogP contribution in [0.1, 0.15) is 37.7 Å². The number of rotatable bonds is 2. The molecule has 1 aliphatic heterocycles. The van der Waals surface area contributed by atoms with Crippen LogP contribution in [-0.2, 0) is 6.42 Å². The summed E-state index contributed by atoms with van der Waals surface area (Å²) < 4.78 is 0. The first-order valence-electron chi connectivity index (χ1n) is 6.59. The van der Waals surface area contributed by atoms with Gasteiger partial charge < -0.3 is 5.11 Å². The molecule has 21 heavy (non-hydrogen) atoms. The standard InChI is InChI=1S/C16H14N2O3/c1-9-12-13(16(21)18(2)15(12)20)14(19)11(17-9)8-10-6-4-3-5-7-10/h3-7,19H,8H2,1-2H3. The first-order valence-corrected chi connectivity index (χ1v) is 6.59. The summed E-state index contributed by atoms with van der Waals surface area (Å²) in [5, 5.41) is 10.3. The number of aromatic nitrogens is 1. The Bertz CT molecular complexity index is 754. The highest BCUT2D eigenvalue weighted by molar-refractivity contribution is 6.22.